The normalized spacial score (nSPS) is 9.00. The van der Waals surface area contributed by atoms with Gasteiger partial charge in [-0.15, -0.1) is 0 Å². The highest BCUT2D eigenvalue weighted by atomic mass is 19.1. The van der Waals surface area contributed by atoms with Crippen molar-refractivity contribution in [2.45, 2.75) is 0 Å². The number of methoxy groups -OCH3 is 1. The maximum absolute atomic E-state index is 13.1. The Morgan fingerprint density at radius 3 is 3.00 bits per heavy atom. The maximum Gasteiger partial charge on any atom is 0.359 e. The van der Waals surface area contributed by atoms with E-state index in [1.54, 1.807) is 6.07 Å². The van der Waals surface area contributed by atoms with Crippen molar-refractivity contribution < 1.29 is 13.9 Å². The van der Waals surface area contributed by atoms with Gasteiger partial charge in [0.2, 0.25) is 0 Å². The number of rotatable bonds is 1. The molecule has 1 aromatic rings. The van der Waals surface area contributed by atoms with Crippen LogP contribution in [0.1, 0.15) is 16.1 Å². The third kappa shape index (κ3) is 1.62. The summed E-state index contributed by atoms with van der Waals surface area (Å²) in [6.07, 6.45) is 1.17. The van der Waals surface area contributed by atoms with Crippen molar-refractivity contribution in [2.24, 2.45) is 0 Å². The van der Waals surface area contributed by atoms with Crippen LogP contribution >= 0.6 is 0 Å². The van der Waals surface area contributed by atoms with Crippen molar-refractivity contribution >= 4 is 5.97 Å². The lowest BCUT2D eigenvalue weighted by Gasteiger charge is -1.99. The van der Waals surface area contributed by atoms with E-state index in [1.807, 2.05) is 0 Å². The van der Waals surface area contributed by atoms with Gasteiger partial charge in [-0.1, -0.05) is 0 Å². The van der Waals surface area contributed by atoms with Crippen LogP contribution in [-0.4, -0.2) is 18.1 Å². The van der Waals surface area contributed by atoms with Crippen LogP contribution in [0.5, 0.6) is 0 Å². The number of pyridine rings is 1. The lowest BCUT2D eigenvalue weighted by Crippen LogP contribution is -2.08. The van der Waals surface area contributed by atoms with E-state index >= 15 is 0 Å². The van der Waals surface area contributed by atoms with Gasteiger partial charge in [0, 0.05) is 6.20 Å². The molecule has 5 heteroatoms. The molecule has 0 bridgehead atoms. The fraction of sp³-hybridized carbons (Fsp3) is 0.125. The third-order valence-corrected chi connectivity index (χ3v) is 1.39. The zero-order valence-corrected chi connectivity index (χ0v) is 6.74. The van der Waals surface area contributed by atoms with E-state index in [1.165, 1.54) is 12.3 Å². The van der Waals surface area contributed by atoms with E-state index in [9.17, 15) is 9.18 Å². The molecule has 0 aliphatic heterocycles. The van der Waals surface area contributed by atoms with Gasteiger partial charge in [0.25, 0.3) is 0 Å². The SMILES string of the molecule is COC(=O)c1nccc(C#N)c1F. The number of aromatic nitrogens is 1. The molecule has 4 nitrogen and oxygen atoms in total. The Labute approximate surface area is 73.6 Å². The number of esters is 1. The Kier molecular flexibility index (Phi) is 2.55. The molecule has 0 aromatic carbocycles. The molecule has 0 aliphatic carbocycles. The van der Waals surface area contributed by atoms with Gasteiger partial charge in [-0.2, -0.15) is 5.26 Å². The molecular weight excluding hydrogens is 175 g/mol. The molecule has 1 rings (SSSR count). The van der Waals surface area contributed by atoms with Gasteiger partial charge in [-0.25, -0.2) is 14.2 Å². The summed E-state index contributed by atoms with van der Waals surface area (Å²) >= 11 is 0. The number of nitriles is 1. The first-order valence-electron chi connectivity index (χ1n) is 3.33. The van der Waals surface area contributed by atoms with Gasteiger partial charge in [0.15, 0.2) is 11.5 Å². The highest BCUT2D eigenvalue weighted by Crippen LogP contribution is 2.09. The number of hydrogen-bond donors (Lipinski definition) is 0. The highest BCUT2D eigenvalue weighted by Gasteiger charge is 2.16. The largest absolute Gasteiger partial charge is 0.464 e. The fourth-order valence-electron chi connectivity index (χ4n) is 0.769. The molecule has 0 unspecified atom stereocenters. The fourth-order valence-corrected chi connectivity index (χ4v) is 0.769. The topological polar surface area (TPSA) is 63.0 Å². The van der Waals surface area contributed by atoms with Crippen molar-refractivity contribution in [3.8, 4) is 6.07 Å². The summed E-state index contributed by atoms with van der Waals surface area (Å²) in [7, 11) is 1.11. The second kappa shape index (κ2) is 3.63. The average Bonchev–Trinajstić information content (AvgIpc) is 2.17. The Balaban J connectivity index is 3.25. The molecule has 0 saturated carbocycles. The van der Waals surface area contributed by atoms with Gasteiger partial charge in [0.05, 0.1) is 12.7 Å². The van der Waals surface area contributed by atoms with Gasteiger partial charge in [0.1, 0.15) is 6.07 Å². The predicted octanol–water partition coefficient (Wildman–Crippen LogP) is 0.879. The van der Waals surface area contributed by atoms with Crippen LogP contribution in [0.3, 0.4) is 0 Å². The van der Waals surface area contributed by atoms with Crippen LogP contribution in [0.25, 0.3) is 0 Å². The van der Waals surface area contributed by atoms with Crippen molar-refractivity contribution in [3.05, 3.63) is 29.3 Å². The Hall–Kier alpha value is -1.96. The van der Waals surface area contributed by atoms with Crippen LogP contribution in [0.4, 0.5) is 4.39 Å². The number of ether oxygens (including phenoxy) is 1. The minimum absolute atomic E-state index is 0.226. The molecule has 0 aliphatic rings. The Morgan fingerprint density at radius 2 is 2.46 bits per heavy atom. The molecule has 0 saturated heterocycles. The minimum atomic E-state index is -0.947. The van der Waals surface area contributed by atoms with E-state index in [2.05, 4.69) is 9.72 Å². The minimum Gasteiger partial charge on any atom is -0.464 e. The molecule has 0 fully saturated rings. The van der Waals surface area contributed by atoms with Crippen LogP contribution in [-0.2, 0) is 4.74 Å². The molecule has 0 atom stereocenters. The number of carbonyl (C=O) groups is 1. The summed E-state index contributed by atoms with van der Waals surface area (Å²) in [6.45, 7) is 0. The summed E-state index contributed by atoms with van der Waals surface area (Å²) in [6, 6.07) is 2.77. The molecule has 0 amide bonds. The number of carbonyl (C=O) groups excluding carboxylic acids is 1. The molecule has 0 radical (unpaired) electrons. The monoisotopic (exact) mass is 180 g/mol. The van der Waals surface area contributed by atoms with E-state index in [4.69, 9.17) is 5.26 Å². The molecule has 1 heterocycles. The number of halogens is 1. The summed E-state index contributed by atoms with van der Waals surface area (Å²) in [5.41, 5.74) is -0.697. The van der Waals surface area contributed by atoms with Crippen molar-refractivity contribution in [1.82, 2.24) is 4.98 Å². The van der Waals surface area contributed by atoms with Gasteiger partial charge in [-0.3, -0.25) is 0 Å². The van der Waals surface area contributed by atoms with Gasteiger partial charge < -0.3 is 4.74 Å². The lowest BCUT2D eigenvalue weighted by atomic mass is 10.2. The van der Waals surface area contributed by atoms with E-state index in [0.717, 1.165) is 7.11 Å². The quantitative estimate of drug-likeness (QED) is 0.602. The summed E-state index contributed by atoms with van der Waals surface area (Å²) in [5.74, 6) is -1.84. The molecule has 0 N–H and O–H groups in total. The summed E-state index contributed by atoms with van der Waals surface area (Å²) in [5, 5.41) is 8.43. The second-order valence-electron chi connectivity index (χ2n) is 2.12. The Bertz CT molecular complexity index is 384. The molecule has 66 valence electrons. The van der Waals surface area contributed by atoms with Crippen molar-refractivity contribution in [1.29, 1.82) is 5.26 Å². The standard InChI is InChI=1S/C8H5FN2O2/c1-13-8(12)7-6(9)5(4-10)2-3-11-7/h2-3H,1H3. The first kappa shape index (κ1) is 9.13. The molecule has 0 spiro atoms. The zero-order valence-electron chi connectivity index (χ0n) is 6.74. The second-order valence-corrected chi connectivity index (χ2v) is 2.12. The van der Waals surface area contributed by atoms with Gasteiger partial charge in [-0.05, 0) is 6.07 Å². The maximum atomic E-state index is 13.1. The van der Waals surface area contributed by atoms with Crippen LogP contribution in [0, 0.1) is 17.1 Å². The summed E-state index contributed by atoms with van der Waals surface area (Å²) in [4.78, 5) is 14.3. The van der Waals surface area contributed by atoms with Crippen LogP contribution < -0.4 is 0 Å². The highest BCUT2D eigenvalue weighted by molar-refractivity contribution is 5.87. The predicted molar refractivity (Wildman–Crippen MR) is 40.2 cm³/mol. The average molecular weight is 180 g/mol. The van der Waals surface area contributed by atoms with E-state index in [0.29, 0.717) is 0 Å². The molecule has 13 heavy (non-hydrogen) atoms. The van der Waals surface area contributed by atoms with E-state index < -0.39 is 17.5 Å². The first-order chi connectivity index (χ1) is 6.20. The van der Waals surface area contributed by atoms with Crippen molar-refractivity contribution in [2.75, 3.05) is 7.11 Å². The van der Waals surface area contributed by atoms with Crippen molar-refractivity contribution in [3.63, 3.8) is 0 Å². The van der Waals surface area contributed by atoms with E-state index in [-0.39, 0.29) is 5.56 Å². The molecule has 1 aromatic heterocycles. The first-order valence-corrected chi connectivity index (χ1v) is 3.33. The summed E-state index contributed by atoms with van der Waals surface area (Å²) < 4.78 is 17.4. The zero-order chi connectivity index (χ0) is 9.84. The number of nitrogens with zero attached hydrogens (tertiary/aromatic N) is 2. The Morgan fingerprint density at radius 1 is 1.77 bits per heavy atom. The van der Waals surface area contributed by atoms with Gasteiger partial charge >= 0.3 is 5.97 Å². The lowest BCUT2D eigenvalue weighted by molar-refractivity contribution is 0.0588. The number of hydrogen-bond acceptors (Lipinski definition) is 4. The third-order valence-electron chi connectivity index (χ3n) is 1.39. The molecular formula is C8H5FN2O2. The smallest absolute Gasteiger partial charge is 0.359 e. The van der Waals surface area contributed by atoms with Crippen LogP contribution in [0.15, 0.2) is 12.3 Å². The van der Waals surface area contributed by atoms with Crippen LogP contribution in [0.2, 0.25) is 0 Å².